The molecular formula is C25H27N3O4. The summed E-state index contributed by atoms with van der Waals surface area (Å²) in [5.74, 6) is -0.829. The summed E-state index contributed by atoms with van der Waals surface area (Å²) < 4.78 is 7.15. The van der Waals surface area contributed by atoms with Gasteiger partial charge in [-0.25, -0.2) is 0 Å². The van der Waals surface area contributed by atoms with E-state index in [-0.39, 0.29) is 30.9 Å². The minimum atomic E-state index is -0.445. The third kappa shape index (κ3) is 4.99. The zero-order chi connectivity index (χ0) is 22.5. The van der Waals surface area contributed by atoms with Gasteiger partial charge in [0.2, 0.25) is 5.91 Å². The molecule has 2 aromatic carbocycles. The second-order valence-corrected chi connectivity index (χ2v) is 8.10. The lowest BCUT2D eigenvalue weighted by atomic mass is 9.95. The standard InChI is InChI=1S/C25H27N3O4/c1-18-15-20-7-5-6-10-22(20)28(18)16-24(30)32-17-23(29)27-13-11-19(12-14-27)25(31)26-21-8-3-2-4-9-21/h2-10,15,19H,11-14,16-17H2,1H3,(H,26,31). The lowest BCUT2D eigenvalue weighted by molar-refractivity contribution is -0.153. The molecular weight excluding hydrogens is 406 g/mol. The number of carbonyl (C=O) groups is 3. The van der Waals surface area contributed by atoms with Crippen molar-refractivity contribution in [3.63, 3.8) is 0 Å². The number of rotatable bonds is 6. The Hall–Kier alpha value is -3.61. The first-order valence-electron chi connectivity index (χ1n) is 10.9. The van der Waals surface area contributed by atoms with Crippen LogP contribution in [0.3, 0.4) is 0 Å². The normalized spacial score (nSPS) is 14.3. The second kappa shape index (κ2) is 9.68. The number of nitrogens with one attached hydrogen (secondary N) is 1. The van der Waals surface area contributed by atoms with E-state index in [2.05, 4.69) is 5.32 Å². The van der Waals surface area contributed by atoms with Gasteiger partial charge >= 0.3 is 5.97 Å². The highest BCUT2D eigenvalue weighted by Crippen LogP contribution is 2.21. The van der Waals surface area contributed by atoms with Crippen LogP contribution in [-0.4, -0.2) is 46.9 Å². The van der Waals surface area contributed by atoms with Gasteiger partial charge in [-0.2, -0.15) is 0 Å². The molecule has 0 saturated carbocycles. The zero-order valence-corrected chi connectivity index (χ0v) is 18.1. The Balaban J connectivity index is 1.23. The predicted molar refractivity (Wildman–Crippen MR) is 122 cm³/mol. The molecule has 1 aliphatic heterocycles. The van der Waals surface area contributed by atoms with Gasteiger partial charge in [0, 0.05) is 35.9 Å². The van der Waals surface area contributed by atoms with Gasteiger partial charge in [-0.1, -0.05) is 36.4 Å². The molecule has 7 nitrogen and oxygen atoms in total. The van der Waals surface area contributed by atoms with E-state index in [1.165, 1.54) is 0 Å². The average molecular weight is 434 g/mol. The molecule has 0 unspecified atom stereocenters. The lowest BCUT2D eigenvalue weighted by Gasteiger charge is -2.31. The SMILES string of the molecule is Cc1cc2ccccc2n1CC(=O)OCC(=O)N1CCC(C(=O)Nc2ccccc2)CC1. The Bertz CT molecular complexity index is 1110. The average Bonchev–Trinajstić information content (AvgIpc) is 3.13. The number of anilines is 1. The Kier molecular flexibility index (Phi) is 6.54. The number of fused-ring (bicyclic) bond motifs is 1. The molecule has 0 atom stereocenters. The van der Waals surface area contributed by atoms with Crippen LogP contribution in [0, 0.1) is 12.8 Å². The smallest absolute Gasteiger partial charge is 0.326 e. The monoisotopic (exact) mass is 433 g/mol. The van der Waals surface area contributed by atoms with Gasteiger partial charge in [-0.15, -0.1) is 0 Å². The van der Waals surface area contributed by atoms with Gasteiger partial charge in [-0.05, 0) is 49.4 Å². The van der Waals surface area contributed by atoms with Crippen molar-refractivity contribution in [3.05, 3.63) is 66.4 Å². The van der Waals surface area contributed by atoms with Crippen LogP contribution in [0.4, 0.5) is 5.69 Å². The summed E-state index contributed by atoms with van der Waals surface area (Å²) >= 11 is 0. The molecule has 0 aliphatic carbocycles. The fourth-order valence-electron chi connectivity index (χ4n) is 4.12. The number of hydrogen-bond donors (Lipinski definition) is 1. The van der Waals surface area contributed by atoms with Gasteiger partial charge in [0.05, 0.1) is 0 Å². The topological polar surface area (TPSA) is 80.6 Å². The van der Waals surface area contributed by atoms with Crippen molar-refractivity contribution in [2.45, 2.75) is 26.3 Å². The van der Waals surface area contributed by atoms with E-state index in [1.807, 2.05) is 72.2 Å². The van der Waals surface area contributed by atoms with Gasteiger partial charge in [0.1, 0.15) is 6.54 Å². The summed E-state index contributed by atoms with van der Waals surface area (Å²) in [4.78, 5) is 38.9. The number of para-hydroxylation sites is 2. The number of piperidine rings is 1. The first kappa shape index (κ1) is 21.6. The highest BCUT2D eigenvalue weighted by atomic mass is 16.5. The van der Waals surface area contributed by atoms with Gasteiger partial charge in [-0.3, -0.25) is 14.4 Å². The van der Waals surface area contributed by atoms with E-state index < -0.39 is 5.97 Å². The molecule has 4 rings (SSSR count). The quantitative estimate of drug-likeness (QED) is 0.605. The number of aryl methyl sites for hydroxylation is 1. The van der Waals surface area contributed by atoms with Crippen LogP contribution < -0.4 is 5.32 Å². The Morgan fingerprint density at radius 1 is 1.00 bits per heavy atom. The summed E-state index contributed by atoms with van der Waals surface area (Å²) in [5.41, 5.74) is 2.70. The van der Waals surface area contributed by atoms with E-state index in [0.717, 1.165) is 22.3 Å². The number of carbonyl (C=O) groups excluding carboxylic acids is 3. The molecule has 32 heavy (non-hydrogen) atoms. The van der Waals surface area contributed by atoms with E-state index in [4.69, 9.17) is 4.74 Å². The van der Waals surface area contributed by atoms with Gasteiger partial charge in [0.15, 0.2) is 6.61 Å². The van der Waals surface area contributed by atoms with Gasteiger partial charge < -0.3 is 19.5 Å². The largest absolute Gasteiger partial charge is 0.454 e. The minimum absolute atomic E-state index is 0.0240. The van der Waals surface area contributed by atoms with E-state index in [0.29, 0.717) is 25.9 Å². The van der Waals surface area contributed by atoms with Crippen LogP contribution in [0.15, 0.2) is 60.7 Å². The number of likely N-dealkylation sites (tertiary alicyclic amines) is 1. The maximum absolute atomic E-state index is 12.5. The van der Waals surface area contributed by atoms with Crippen LogP contribution in [-0.2, 0) is 25.7 Å². The van der Waals surface area contributed by atoms with Crippen LogP contribution >= 0.6 is 0 Å². The highest BCUT2D eigenvalue weighted by molar-refractivity contribution is 5.92. The maximum atomic E-state index is 12.5. The van der Waals surface area contributed by atoms with Crippen LogP contribution in [0.2, 0.25) is 0 Å². The summed E-state index contributed by atoms with van der Waals surface area (Å²) in [6.07, 6.45) is 1.18. The maximum Gasteiger partial charge on any atom is 0.326 e. The third-order valence-electron chi connectivity index (χ3n) is 5.92. The number of benzene rings is 2. The number of ether oxygens (including phenoxy) is 1. The number of hydrogen-bond acceptors (Lipinski definition) is 4. The van der Waals surface area contributed by atoms with Crippen molar-refractivity contribution in [3.8, 4) is 0 Å². The number of aromatic nitrogens is 1. The molecule has 1 N–H and O–H groups in total. The van der Waals surface area contributed by atoms with Crippen LogP contribution in [0.25, 0.3) is 10.9 Å². The highest BCUT2D eigenvalue weighted by Gasteiger charge is 2.27. The van der Waals surface area contributed by atoms with E-state index in [1.54, 1.807) is 4.90 Å². The molecule has 2 amide bonds. The fourth-order valence-corrected chi connectivity index (χ4v) is 4.12. The molecule has 0 bridgehead atoms. The second-order valence-electron chi connectivity index (χ2n) is 8.10. The fraction of sp³-hybridized carbons (Fsp3) is 0.320. The van der Waals surface area contributed by atoms with Crippen LogP contribution in [0.1, 0.15) is 18.5 Å². The van der Waals surface area contributed by atoms with E-state index >= 15 is 0 Å². The third-order valence-corrected chi connectivity index (χ3v) is 5.92. The summed E-state index contributed by atoms with van der Waals surface area (Å²) in [6, 6.07) is 19.2. The zero-order valence-electron chi connectivity index (χ0n) is 18.1. The van der Waals surface area contributed by atoms with E-state index in [9.17, 15) is 14.4 Å². The summed E-state index contributed by atoms with van der Waals surface area (Å²) in [7, 11) is 0. The van der Waals surface area contributed by atoms with Crippen molar-refractivity contribution >= 4 is 34.4 Å². The van der Waals surface area contributed by atoms with Crippen molar-refractivity contribution in [2.24, 2.45) is 5.92 Å². The molecule has 1 saturated heterocycles. The molecule has 1 aromatic heterocycles. The first-order chi connectivity index (χ1) is 15.5. The molecule has 0 radical (unpaired) electrons. The molecule has 3 aromatic rings. The molecule has 0 spiro atoms. The van der Waals surface area contributed by atoms with Crippen molar-refractivity contribution in [1.29, 1.82) is 0 Å². The Morgan fingerprint density at radius 3 is 2.44 bits per heavy atom. The van der Waals surface area contributed by atoms with Crippen molar-refractivity contribution < 1.29 is 19.1 Å². The molecule has 7 heteroatoms. The first-order valence-corrected chi connectivity index (χ1v) is 10.9. The summed E-state index contributed by atoms with van der Waals surface area (Å²) in [5, 5.41) is 3.98. The predicted octanol–water partition coefficient (Wildman–Crippen LogP) is 3.37. The lowest BCUT2D eigenvalue weighted by Crippen LogP contribution is -2.43. The van der Waals surface area contributed by atoms with Gasteiger partial charge in [0.25, 0.3) is 5.91 Å². The molecule has 166 valence electrons. The minimum Gasteiger partial charge on any atom is -0.454 e. The number of nitrogens with zero attached hydrogens (tertiary/aromatic N) is 2. The number of esters is 1. The molecule has 2 heterocycles. The van der Waals surface area contributed by atoms with Crippen molar-refractivity contribution in [2.75, 3.05) is 25.0 Å². The summed E-state index contributed by atoms with van der Waals surface area (Å²) in [6.45, 7) is 2.68. The Labute approximate surface area is 187 Å². The number of amides is 2. The Morgan fingerprint density at radius 2 is 1.69 bits per heavy atom. The molecule has 1 aliphatic rings. The molecule has 1 fully saturated rings. The van der Waals surface area contributed by atoms with Crippen LogP contribution in [0.5, 0.6) is 0 Å². The van der Waals surface area contributed by atoms with Crippen molar-refractivity contribution in [1.82, 2.24) is 9.47 Å².